The first kappa shape index (κ1) is 12.0. The van der Waals surface area contributed by atoms with E-state index in [4.69, 9.17) is 0 Å². The van der Waals surface area contributed by atoms with Gasteiger partial charge in [0.15, 0.2) is 5.78 Å². The third kappa shape index (κ3) is 2.47. The molecule has 1 unspecified atom stereocenters. The number of ketones is 1. The van der Waals surface area contributed by atoms with Crippen molar-refractivity contribution in [3.8, 4) is 0 Å². The second-order valence-electron chi connectivity index (χ2n) is 4.46. The molecule has 0 radical (unpaired) electrons. The molecule has 1 N–H and O–H groups in total. The standard InChI is InChI=1S/C13H18N2O2/c1-10(17)12-6-4-7-14-13(12)15-8-3-2-5-11(15)9-16/h4,6-7,11,16H,2-3,5,8-9H2,1H3. The van der Waals surface area contributed by atoms with Crippen LogP contribution in [0.4, 0.5) is 5.82 Å². The zero-order valence-electron chi connectivity index (χ0n) is 10.1. The number of pyridine rings is 1. The third-order valence-corrected chi connectivity index (χ3v) is 3.28. The SMILES string of the molecule is CC(=O)c1cccnc1N1CCCCC1CO. The van der Waals surface area contributed by atoms with Gasteiger partial charge in [-0.15, -0.1) is 0 Å². The number of hydrogen-bond acceptors (Lipinski definition) is 4. The van der Waals surface area contributed by atoms with Gasteiger partial charge in [-0.1, -0.05) is 0 Å². The fourth-order valence-electron chi connectivity index (χ4n) is 2.37. The maximum Gasteiger partial charge on any atom is 0.163 e. The van der Waals surface area contributed by atoms with Gasteiger partial charge >= 0.3 is 0 Å². The van der Waals surface area contributed by atoms with E-state index in [2.05, 4.69) is 9.88 Å². The van der Waals surface area contributed by atoms with Crippen LogP contribution < -0.4 is 4.90 Å². The molecule has 0 saturated carbocycles. The summed E-state index contributed by atoms with van der Waals surface area (Å²) in [6.45, 7) is 2.54. The van der Waals surface area contributed by atoms with Crippen LogP contribution in [0.2, 0.25) is 0 Å². The Morgan fingerprint density at radius 1 is 1.59 bits per heavy atom. The van der Waals surface area contributed by atoms with Crippen LogP contribution in [0.25, 0.3) is 0 Å². The second kappa shape index (κ2) is 5.27. The van der Waals surface area contributed by atoms with Crippen molar-refractivity contribution in [2.45, 2.75) is 32.2 Å². The number of aliphatic hydroxyl groups is 1. The fraction of sp³-hybridized carbons (Fsp3) is 0.538. The minimum absolute atomic E-state index is 0.0235. The summed E-state index contributed by atoms with van der Waals surface area (Å²) in [5.41, 5.74) is 0.646. The van der Waals surface area contributed by atoms with E-state index in [-0.39, 0.29) is 18.4 Å². The molecular weight excluding hydrogens is 216 g/mol. The van der Waals surface area contributed by atoms with Crippen molar-refractivity contribution in [2.24, 2.45) is 0 Å². The number of carbonyl (C=O) groups is 1. The average Bonchev–Trinajstić information content (AvgIpc) is 2.38. The lowest BCUT2D eigenvalue weighted by Gasteiger charge is -2.36. The smallest absolute Gasteiger partial charge is 0.163 e. The number of aliphatic hydroxyl groups excluding tert-OH is 1. The zero-order chi connectivity index (χ0) is 12.3. The van der Waals surface area contributed by atoms with Crippen LogP contribution in [0.5, 0.6) is 0 Å². The van der Waals surface area contributed by atoms with Gasteiger partial charge in [-0.3, -0.25) is 4.79 Å². The van der Waals surface area contributed by atoms with Crippen molar-refractivity contribution in [3.63, 3.8) is 0 Å². The van der Waals surface area contributed by atoms with Crippen molar-refractivity contribution in [1.29, 1.82) is 0 Å². The summed E-state index contributed by atoms with van der Waals surface area (Å²) in [6, 6.07) is 3.67. The number of carbonyl (C=O) groups excluding carboxylic acids is 1. The van der Waals surface area contributed by atoms with Gasteiger partial charge in [0.05, 0.1) is 18.2 Å². The van der Waals surface area contributed by atoms with Crippen LogP contribution in [0, 0.1) is 0 Å². The predicted octanol–water partition coefficient (Wildman–Crippen LogP) is 1.64. The van der Waals surface area contributed by atoms with Crippen molar-refractivity contribution < 1.29 is 9.90 Å². The lowest BCUT2D eigenvalue weighted by Crippen LogP contribution is -2.43. The Labute approximate surface area is 101 Å². The highest BCUT2D eigenvalue weighted by Crippen LogP contribution is 2.25. The first-order valence-electron chi connectivity index (χ1n) is 6.07. The number of rotatable bonds is 3. The minimum Gasteiger partial charge on any atom is -0.394 e. The van der Waals surface area contributed by atoms with Crippen molar-refractivity contribution in [2.75, 3.05) is 18.1 Å². The van der Waals surface area contributed by atoms with E-state index in [1.54, 1.807) is 25.3 Å². The molecule has 0 amide bonds. The van der Waals surface area contributed by atoms with E-state index in [9.17, 15) is 9.90 Å². The number of Topliss-reactive ketones (excluding diaryl/α,β-unsaturated/α-hetero) is 1. The van der Waals surface area contributed by atoms with E-state index in [1.807, 2.05) is 0 Å². The largest absolute Gasteiger partial charge is 0.394 e. The Morgan fingerprint density at radius 2 is 2.41 bits per heavy atom. The summed E-state index contributed by atoms with van der Waals surface area (Å²) in [5, 5.41) is 9.40. The molecule has 17 heavy (non-hydrogen) atoms. The molecule has 0 spiro atoms. The number of nitrogens with zero attached hydrogens (tertiary/aromatic N) is 2. The molecule has 1 atom stereocenters. The highest BCUT2D eigenvalue weighted by atomic mass is 16.3. The van der Waals surface area contributed by atoms with Gasteiger partial charge in [0.1, 0.15) is 5.82 Å². The topological polar surface area (TPSA) is 53.4 Å². The maximum absolute atomic E-state index is 11.6. The lowest BCUT2D eigenvalue weighted by atomic mass is 10.0. The first-order chi connectivity index (χ1) is 8.24. The third-order valence-electron chi connectivity index (χ3n) is 3.28. The summed E-state index contributed by atoms with van der Waals surface area (Å²) >= 11 is 0. The van der Waals surface area contributed by atoms with Crippen LogP contribution in [-0.4, -0.2) is 35.1 Å². The summed E-state index contributed by atoms with van der Waals surface area (Å²) in [6.07, 6.45) is 4.88. The van der Waals surface area contributed by atoms with Gasteiger partial charge in [-0.05, 0) is 38.3 Å². The number of aromatic nitrogens is 1. The molecule has 0 bridgehead atoms. The van der Waals surface area contributed by atoms with E-state index in [1.165, 1.54) is 0 Å². The summed E-state index contributed by atoms with van der Waals surface area (Å²) in [5.74, 6) is 0.745. The number of piperidine rings is 1. The van der Waals surface area contributed by atoms with Crippen molar-refractivity contribution >= 4 is 11.6 Å². The zero-order valence-corrected chi connectivity index (χ0v) is 10.1. The predicted molar refractivity (Wildman–Crippen MR) is 66.3 cm³/mol. The van der Waals surface area contributed by atoms with Gasteiger partial charge in [0.25, 0.3) is 0 Å². The molecule has 1 aliphatic heterocycles. The Morgan fingerprint density at radius 3 is 3.12 bits per heavy atom. The molecule has 1 aromatic rings. The number of hydrogen-bond donors (Lipinski definition) is 1. The van der Waals surface area contributed by atoms with Crippen LogP contribution >= 0.6 is 0 Å². The molecule has 2 rings (SSSR count). The van der Waals surface area contributed by atoms with Crippen LogP contribution in [-0.2, 0) is 0 Å². The van der Waals surface area contributed by atoms with E-state index >= 15 is 0 Å². The van der Waals surface area contributed by atoms with Crippen molar-refractivity contribution in [1.82, 2.24) is 4.98 Å². The highest BCUT2D eigenvalue weighted by molar-refractivity contribution is 5.98. The van der Waals surface area contributed by atoms with E-state index < -0.39 is 0 Å². The second-order valence-corrected chi connectivity index (χ2v) is 4.46. The highest BCUT2D eigenvalue weighted by Gasteiger charge is 2.25. The van der Waals surface area contributed by atoms with Crippen LogP contribution in [0.1, 0.15) is 36.5 Å². The normalized spacial score (nSPS) is 20.4. The van der Waals surface area contributed by atoms with E-state index in [0.717, 1.165) is 31.6 Å². The average molecular weight is 234 g/mol. The maximum atomic E-state index is 11.6. The lowest BCUT2D eigenvalue weighted by molar-refractivity contribution is 0.101. The summed E-state index contributed by atoms with van der Waals surface area (Å²) in [7, 11) is 0. The minimum atomic E-state index is 0.0235. The van der Waals surface area contributed by atoms with Crippen molar-refractivity contribution in [3.05, 3.63) is 23.9 Å². The summed E-state index contributed by atoms with van der Waals surface area (Å²) in [4.78, 5) is 18.0. The molecule has 1 fully saturated rings. The Balaban J connectivity index is 2.34. The fourth-order valence-corrected chi connectivity index (χ4v) is 2.37. The Bertz CT molecular complexity index is 406. The molecule has 1 aliphatic rings. The van der Waals surface area contributed by atoms with Gasteiger partial charge in [-0.25, -0.2) is 4.98 Å². The van der Waals surface area contributed by atoms with Gasteiger partial charge < -0.3 is 10.0 Å². The van der Waals surface area contributed by atoms with Crippen LogP contribution in [0.3, 0.4) is 0 Å². The molecule has 4 nitrogen and oxygen atoms in total. The number of anilines is 1. The summed E-state index contributed by atoms with van der Waals surface area (Å²) < 4.78 is 0. The Kier molecular flexibility index (Phi) is 3.74. The molecule has 2 heterocycles. The Hall–Kier alpha value is -1.42. The molecular formula is C13H18N2O2. The van der Waals surface area contributed by atoms with Gasteiger partial charge in [0, 0.05) is 12.7 Å². The molecule has 0 aliphatic carbocycles. The monoisotopic (exact) mass is 234 g/mol. The molecule has 0 aromatic carbocycles. The van der Waals surface area contributed by atoms with Gasteiger partial charge in [-0.2, -0.15) is 0 Å². The van der Waals surface area contributed by atoms with E-state index in [0.29, 0.717) is 5.56 Å². The molecule has 1 aromatic heterocycles. The van der Waals surface area contributed by atoms with Gasteiger partial charge in [0.2, 0.25) is 0 Å². The molecule has 92 valence electrons. The molecule has 1 saturated heterocycles. The molecule has 4 heteroatoms. The quantitative estimate of drug-likeness (QED) is 0.808. The first-order valence-corrected chi connectivity index (χ1v) is 6.07. The van der Waals surface area contributed by atoms with Crippen LogP contribution in [0.15, 0.2) is 18.3 Å².